The molecule has 3 amide bonds. The van der Waals surface area contributed by atoms with Crippen molar-refractivity contribution < 1.29 is 36.3 Å². The van der Waals surface area contributed by atoms with E-state index in [0.29, 0.717) is 22.7 Å². The first kappa shape index (κ1) is 21.5. The molecule has 30 heavy (non-hydrogen) atoms. The minimum Gasteiger partial charge on any atom is -0.322 e. The molecule has 1 saturated heterocycles. The van der Waals surface area contributed by atoms with Crippen molar-refractivity contribution in [2.45, 2.75) is 6.18 Å². The number of carbonyl (C=O) groups is 3. The monoisotopic (exact) mass is 442 g/mol. The molecule has 156 valence electrons. The predicted molar refractivity (Wildman–Crippen MR) is 99.1 cm³/mol. The molecular formula is C19H11F5N2O3S. The second-order valence-corrected chi connectivity index (χ2v) is 7.06. The molecular weight excluding hydrogens is 431 g/mol. The third-order valence-electron chi connectivity index (χ3n) is 3.89. The van der Waals surface area contributed by atoms with Crippen molar-refractivity contribution in [3.05, 3.63) is 70.1 Å². The van der Waals surface area contributed by atoms with E-state index in [-0.39, 0.29) is 16.2 Å². The fourth-order valence-electron chi connectivity index (χ4n) is 2.52. The Morgan fingerprint density at radius 1 is 1.10 bits per heavy atom. The molecule has 0 spiro atoms. The summed E-state index contributed by atoms with van der Waals surface area (Å²) in [4.78, 5) is 36.9. The Labute approximate surface area is 170 Å². The number of hydrogen-bond acceptors (Lipinski definition) is 4. The first-order chi connectivity index (χ1) is 14.0. The van der Waals surface area contributed by atoms with Crippen molar-refractivity contribution in [3.8, 4) is 0 Å². The van der Waals surface area contributed by atoms with Crippen LogP contribution in [0.4, 0.5) is 32.4 Å². The minimum absolute atomic E-state index is 0.0492. The van der Waals surface area contributed by atoms with Crippen molar-refractivity contribution in [2.24, 2.45) is 0 Å². The van der Waals surface area contributed by atoms with Crippen LogP contribution in [0.25, 0.3) is 6.08 Å². The zero-order valence-corrected chi connectivity index (χ0v) is 15.6. The average molecular weight is 442 g/mol. The summed E-state index contributed by atoms with van der Waals surface area (Å²) < 4.78 is 64.9. The number of thioether (sulfide) groups is 1. The van der Waals surface area contributed by atoms with Crippen LogP contribution in [0, 0.1) is 11.6 Å². The zero-order valence-electron chi connectivity index (χ0n) is 14.8. The molecule has 0 atom stereocenters. The normalized spacial score (nSPS) is 15.8. The molecule has 0 unspecified atom stereocenters. The number of halogens is 5. The topological polar surface area (TPSA) is 66.5 Å². The molecule has 0 aliphatic carbocycles. The lowest BCUT2D eigenvalue weighted by Gasteiger charge is -2.12. The standard InChI is InChI=1S/C19H11F5N2O3S/c20-12-4-5-14(13(21)8-12)25-16(27)9-26-17(28)15(30-18(26)29)7-10-2-1-3-11(6-10)19(22,23)24/h1-8H,9H2,(H,25,27). The van der Waals surface area contributed by atoms with E-state index in [2.05, 4.69) is 5.32 Å². The first-order valence-corrected chi connectivity index (χ1v) is 9.04. The number of benzene rings is 2. The summed E-state index contributed by atoms with van der Waals surface area (Å²) in [7, 11) is 0. The van der Waals surface area contributed by atoms with E-state index < -0.39 is 47.0 Å². The Hall–Kier alpha value is -3.21. The second kappa shape index (κ2) is 8.27. The maximum Gasteiger partial charge on any atom is 0.416 e. The van der Waals surface area contributed by atoms with Crippen LogP contribution in [-0.2, 0) is 15.8 Å². The van der Waals surface area contributed by atoms with Crippen LogP contribution in [0.5, 0.6) is 0 Å². The van der Waals surface area contributed by atoms with Crippen molar-refractivity contribution in [2.75, 3.05) is 11.9 Å². The highest BCUT2D eigenvalue weighted by Gasteiger charge is 2.36. The fourth-order valence-corrected chi connectivity index (χ4v) is 3.35. The van der Waals surface area contributed by atoms with Gasteiger partial charge in [0.2, 0.25) is 5.91 Å². The van der Waals surface area contributed by atoms with Crippen LogP contribution >= 0.6 is 11.8 Å². The van der Waals surface area contributed by atoms with Gasteiger partial charge < -0.3 is 5.32 Å². The summed E-state index contributed by atoms with van der Waals surface area (Å²) in [5, 5.41) is 1.30. The number of nitrogens with zero attached hydrogens (tertiary/aromatic N) is 1. The van der Waals surface area contributed by atoms with E-state index in [1.807, 2.05) is 0 Å². The lowest BCUT2D eigenvalue weighted by atomic mass is 10.1. The van der Waals surface area contributed by atoms with Gasteiger partial charge >= 0.3 is 6.18 Å². The maximum atomic E-state index is 13.6. The van der Waals surface area contributed by atoms with E-state index in [4.69, 9.17) is 0 Å². The van der Waals surface area contributed by atoms with Crippen LogP contribution in [0.2, 0.25) is 0 Å². The van der Waals surface area contributed by atoms with Crippen LogP contribution < -0.4 is 5.32 Å². The van der Waals surface area contributed by atoms with Gasteiger partial charge in [-0.3, -0.25) is 19.3 Å². The van der Waals surface area contributed by atoms with Gasteiger partial charge in [0.1, 0.15) is 18.2 Å². The Balaban J connectivity index is 1.73. The molecule has 0 saturated carbocycles. The van der Waals surface area contributed by atoms with Gasteiger partial charge in [-0.25, -0.2) is 8.78 Å². The Kier molecular flexibility index (Phi) is 5.92. The molecule has 1 aliphatic heterocycles. The maximum absolute atomic E-state index is 13.6. The van der Waals surface area contributed by atoms with Crippen molar-refractivity contribution in [1.82, 2.24) is 4.90 Å². The van der Waals surface area contributed by atoms with Gasteiger partial charge in [0.15, 0.2) is 0 Å². The lowest BCUT2D eigenvalue weighted by molar-refractivity contribution is -0.137. The molecule has 1 fully saturated rings. The number of hydrogen-bond donors (Lipinski definition) is 1. The van der Waals surface area contributed by atoms with E-state index in [1.54, 1.807) is 0 Å². The smallest absolute Gasteiger partial charge is 0.322 e. The van der Waals surface area contributed by atoms with Gasteiger partial charge in [0, 0.05) is 6.07 Å². The van der Waals surface area contributed by atoms with E-state index in [0.717, 1.165) is 36.4 Å². The Morgan fingerprint density at radius 3 is 2.50 bits per heavy atom. The number of anilines is 1. The molecule has 1 heterocycles. The summed E-state index contributed by atoms with van der Waals surface area (Å²) in [6, 6.07) is 6.60. The molecule has 5 nitrogen and oxygen atoms in total. The number of nitrogens with one attached hydrogen (secondary N) is 1. The van der Waals surface area contributed by atoms with Crippen molar-refractivity contribution in [1.29, 1.82) is 0 Å². The van der Waals surface area contributed by atoms with E-state index in [9.17, 15) is 36.3 Å². The van der Waals surface area contributed by atoms with Crippen LogP contribution in [0.15, 0.2) is 47.4 Å². The SMILES string of the molecule is O=C(CN1C(=O)SC(=Cc2cccc(C(F)(F)F)c2)C1=O)Nc1ccc(F)cc1F. The van der Waals surface area contributed by atoms with Gasteiger partial charge in [-0.05, 0) is 47.7 Å². The van der Waals surface area contributed by atoms with Crippen LogP contribution in [0.1, 0.15) is 11.1 Å². The van der Waals surface area contributed by atoms with E-state index >= 15 is 0 Å². The zero-order chi connectivity index (χ0) is 22.1. The van der Waals surface area contributed by atoms with Gasteiger partial charge in [-0.15, -0.1) is 0 Å². The fraction of sp³-hybridized carbons (Fsp3) is 0.105. The highest BCUT2D eigenvalue weighted by Crippen LogP contribution is 2.34. The predicted octanol–water partition coefficient (Wildman–Crippen LogP) is 4.66. The summed E-state index contributed by atoms with van der Waals surface area (Å²) in [6.45, 7) is -0.749. The number of amides is 3. The minimum atomic E-state index is -4.57. The molecule has 1 N–H and O–H groups in total. The summed E-state index contributed by atoms with van der Waals surface area (Å²) in [5.41, 5.74) is -1.21. The lowest BCUT2D eigenvalue weighted by Crippen LogP contribution is -2.36. The third-order valence-corrected chi connectivity index (χ3v) is 4.80. The Morgan fingerprint density at radius 2 is 1.83 bits per heavy atom. The number of carbonyl (C=O) groups excluding carboxylic acids is 3. The summed E-state index contributed by atoms with van der Waals surface area (Å²) in [5.74, 6) is -3.68. The molecule has 0 radical (unpaired) electrons. The van der Waals surface area contributed by atoms with Gasteiger partial charge in [0.05, 0.1) is 16.2 Å². The molecule has 1 aliphatic rings. The number of imide groups is 1. The van der Waals surface area contributed by atoms with Gasteiger partial charge in [-0.2, -0.15) is 13.2 Å². The van der Waals surface area contributed by atoms with Gasteiger partial charge in [0.25, 0.3) is 11.1 Å². The second-order valence-electron chi connectivity index (χ2n) is 6.06. The molecule has 2 aromatic carbocycles. The van der Waals surface area contributed by atoms with Crippen LogP contribution in [0.3, 0.4) is 0 Å². The third kappa shape index (κ3) is 4.85. The van der Waals surface area contributed by atoms with Crippen LogP contribution in [-0.4, -0.2) is 28.5 Å². The molecule has 3 rings (SSSR count). The highest BCUT2D eigenvalue weighted by atomic mass is 32.2. The molecule has 2 aromatic rings. The molecule has 11 heteroatoms. The van der Waals surface area contributed by atoms with Gasteiger partial charge in [-0.1, -0.05) is 12.1 Å². The van der Waals surface area contributed by atoms with Crippen molar-refractivity contribution >= 4 is 40.6 Å². The average Bonchev–Trinajstić information content (AvgIpc) is 2.91. The number of rotatable bonds is 4. The van der Waals surface area contributed by atoms with E-state index in [1.165, 1.54) is 6.07 Å². The first-order valence-electron chi connectivity index (χ1n) is 8.22. The quantitative estimate of drug-likeness (QED) is 0.553. The Bertz CT molecular complexity index is 1070. The molecule has 0 aromatic heterocycles. The van der Waals surface area contributed by atoms with Crippen molar-refractivity contribution in [3.63, 3.8) is 0 Å². The highest BCUT2D eigenvalue weighted by molar-refractivity contribution is 8.18. The summed E-state index contributed by atoms with van der Waals surface area (Å²) >= 11 is 0.457. The number of alkyl halides is 3. The molecule has 0 bridgehead atoms. The largest absolute Gasteiger partial charge is 0.416 e. The summed E-state index contributed by atoms with van der Waals surface area (Å²) in [6.07, 6.45) is -3.46.